The number of carbonyl (C=O) groups is 1. The van der Waals surface area contributed by atoms with E-state index in [9.17, 15) is 4.79 Å². The van der Waals surface area contributed by atoms with Crippen molar-refractivity contribution in [3.05, 3.63) is 64.4 Å². The molecule has 3 aromatic rings. The van der Waals surface area contributed by atoms with Crippen molar-refractivity contribution in [2.24, 2.45) is 0 Å². The van der Waals surface area contributed by atoms with Crippen LogP contribution >= 0.6 is 23.4 Å². The van der Waals surface area contributed by atoms with Crippen molar-refractivity contribution in [3.63, 3.8) is 0 Å². The van der Waals surface area contributed by atoms with Gasteiger partial charge in [-0.25, -0.2) is 0 Å². The number of aryl methyl sites for hydroxylation is 3. The summed E-state index contributed by atoms with van der Waals surface area (Å²) in [6.45, 7) is 4.75. The van der Waals surface area contributed by atoms with Crippen molar-refractivity contribution >= 4 is 35.0 Å². The lowest BCUT2D eigenvalue weighted by Gasteiger charge is -2.09. The first-order valence-corrected chi connectivity index (χ1v) is 11.6. The average molecular weight is 459 g/mol. The van der Waals surface area contributed by atoms with E-state index in [1.165, 1.54) is 17.3 Å². The van der Waals surface area contributed by atoms with E-state index in [-0.39, 0.29) is 11.7 Å². The van der Waals surface area contributed by atoms with Gasteiger partial charge in [-0.15, -0.1) is 10.2 Å². The lowest BCUT2D eigenvalue weighted by molar-refractivity contribution is -0.113. The Bertz CT molecular complexity index is 1020. The number of thioether (sulfide) groups is 1. The van der Waals surface area contributed by atoms with E-state index in [4.69, 9.17) is 16.3 Å². The van der Waals surface area contributed by atoms with Gasteiger partial charge in [0.15, 0.2) is 5.16 Å². The van der Waals surface area contributed by atoms with Crippen LogP contribution in [-0.4, -0.2) is 33.5 Å². The van der Waals surface area contributed by atoms with E-state index in [0.717, 1.165) is 53.8 Å². The molecule has 0 aliphatic heterocycles. The second-order valence-corrected chi connectivity index (χ2v) is 8.52. The number of hydrogen-bond acceptors (Lipinski definition) is 5. The summed E-state index contributed by atoms with van der Waals surface area (Å²) < 4.78 is 7.28. The van der Waals surface area contributed by atoms with Crippen molar-refractivity contribution in [1.29, 1.82) is 0 Å². The first-order chi connectivity index (χ1) is 15.0. The van der Waals surface area contributed by atoms with Crippen LogP contribution in [0.5, 0.6) is 5.75 Å². The van der Waals surface area contributed by atoms with Gasteiger partial charge >= 0.3 is 0 Å². The Morgan fingerprint density at radius 2 is 1.94 bits per heavy atom. The lowest BCUT2D eigenvalue weighted by atomic mass is 10.1. The molecule has 3 rings (SSSR count). The van der Waals surface area contributed by atoms with Gasteiger partial charge in [0, 0.05) is 23.7 Å². The van der Waals surface area contributed by atoms with Gasteiger partial charge < -0.3 is 14.6 Å². The number of carbonyl (C=O) groups excluding carboxylic acids is 1. The Balaban J connectivity index is 1.52. The van der Waals surface area contributed by atoms with E-state index < -0.39 is 0 Å². The minimum absolute atomic E-state index is 0.0814. The van der Waals surface area contributed by atoms with Crippen LogP contribution in [0.3, 0.4) is 0 Å². The first-order valence-electron chi connectivity index (χ1n) is 10.2. The van der Waals surface area contributed by atoms with Crippen molar-refractivity contribution in [1.82, 2.24) is 14.8 Å². The number of aromatic nitrogens is 3. The molecule has 1 aromatic heterocycles. The average Bonchev–Trinajstić information content (AvgIpc) is 3.16. The van der Waals surface area contributed by atoms with Crippen molar-refractivity contribution in [2.75, 3.05) is 18.2 Å². The molecule has 0 bridgehead atoms. The summed E-state index contributed by atoms with van der Waals surface area (Å²) in [5, 5.41) is 13.0. The number of anilines is 1. The number of rotatable bonds is 10. The molecular weight excluding hydrogens is 432 g/mol. The standard InChI is InChI=1S/C23H27ClN4O2S/c1-4-28-21(7-5-6-17-8-11-19(30-3)12-9-17)26-27-23(28)31-15-22(29)25-20-13-10-18(24)14-16(20)2/h8-14H,4-7,15H2,1-3H3,(H,25,29). The number of methoxy groups -OCH3 is 1. The van der Waals surface area contributed by atoms with Crippen LogP contribution in [-0.2, 0) is 24.2 Å². The molecule has 31 heavy (non-hydrogen) atoms. The third-order valence-electron chi connectivity index (χ3n) is 4.93. The van der Waals surface area contributed by atoms with E-state index in [1.54, 1.807) is 13.2 Å². The molecule has 1 N–H and O–H groups in total. The molecule has 8 heteroatoms. The number of halogens is 1. The molecule has 1 heterocycles. The molecule has 6 nitrogen and oxygen atoms in total. The smallest absolute Gasteiger partial charge is 0.234 e. The minimum Gasteiger partial charge on any atom is -0.497 e. The van der Waals surface area contributed by atoms with E-state index in [1.807, 2.05) is 31.2 Å². The Hall–Kier alpha value is -2.51. The fourth-order valence-electron chi connectivity index (χ4n) is 3.25. The summed E-state index contributed by atoms with van der Waals surface area (Å²) in [5.41, 5.74) is 2.97. The van der Waals surface area contributed by atoms with Crippen LogP contribution in [0.4, 0.5) is 5.69 Å². The maximum Gasteiger partial charge on any atom is 0.234 e. The van der Waals surface area contributed by atoms with E-state index >= 15 is 0 Å². The number of nitrogens with zero attached hydrogens (tertiary/aromatic N) is 3. The number of hydrogen-bond donors (Lipinski definition) is 1. The van der Waals surface area contributed by atoms with E-state index in [0.29, 0.717) is 5.02 Å². The Morgan fingerprint density at radius 1 is 1.16 bits per heavy atom. The third-order valence-corrected chi connectivity index (χ3v) is 6.13. The summed E-state index contributed by atoms with van der Waals surface area (Å²) >= 11 is 7.37. The molecule has 164 valence electrons. The summed E-state index contributed by atoms with van der Waals surface area (Å²) in [6, 6.07) is 13.6. The lowest BCUT2D eigenvalue weighted by Crippen LogP contribution is -2.15. The maximum atomic E-state index is 12.4. The van der Waals surface area contributed by atoms with Crippen molar-refractivity contribution in [3.8, 4) is 5.75 Å². The zero-order chi connectivity index (χ0) is 22.2. The van der Waals surface area contributed by atoms with Gasteiger partial charge in [0.2, 0.25) is 5.91 Å². The van der Waals surface area contributed by atoms with Gasteiger partial charge in [-0.2, -0.15) is 0 Å². The minimum atomic E-state index is -0.0814. The van der Waals surface area contributed by atoms with Gasteiger partial charge in [0.1, 0.15) is 11.6 Å². The van der Waals surface area contributed by atoms with Gasteiger partial charge in [0.25, 0.3) is 0 Å². The van der Waals surface area contributed by atoms with Crippen LogP contribution in [0, 0.1) is 6.92 Å². The van der Waals surface area contributed by atoms with Gasteiger partial charge in [0.05, 0.1) is 12.9 Å². The SMILES string of the molecule is CCn1c(CCCc2ccc(OC)cc2)nnc1SCC(=O)Nc1ccc(Cl)cc1C. The molecule has 0 radical (unpaired) electrons. The molecule has 0 atom stereocenters. The topological polar surface area (TPSA) is 69.0 Å². The highest BCUT2D eigenvalue weighted by Crippen LogP contribution is 2.22. The van der Waals surface area contributed by atoms with Crippen LogP contribution in [0.1, 0.15) is 30.3 Å². The molecule has 0 saturated carbocycles. The predicted molar refractivity (Wildman–Crippen MR) is 126 cm³/mol. The third kappa shape index (κ3) is 6.48. The van der Waals surface area contributed by atoms with Gasteiger partial charge in [-0.05, 0) is 68.1 Å². The monoisotopic (exact) mass is 458 g/mol. The normalized spacial score (nSPS) is 10.8. The number of amides is 1. The Labute approximate surface area is 192 Å². The summed E-state index contributed by atoms with van der Waals surface area (Å²) in [5.74, 6) is 2.01. The summed E-state index contributed by atoms with van der Waals surface area (Å²) in [4.78, 5) is 12.4. The fraction of sp³-hybridized carbons (Fsp3) is 0.348. The van der Waals surface area contributed by atoms with Crippen LogP contribution in [0.15, 0.2) is 47.6 Å². The van der Waals surface area contributed by atoms with Crippen LogP contribution < -0.4 is 10.1 Å². The molecule has 0 saturated heterocycles. The number of nitrogens with one attached hydrogen (secondary N) is 1. The molecule has 1 amide bonds. The molecule has 0 aliphatic rings. The van der Waals surface area contributed by atoms with Crippen molar-refractivity contribution < 1.29 is 9.53 Å². The summed E-state index contributed by atoms with van der Waals surface area (Å²) in [6.07, 6.45) is 2.78. The summed E-state index contributed by atoms with van der Waals surface area (Å²) in [7, 11) is 1.67. The maximum absolute atomic E-state index is 12.4. The molecule has 0 fully saturated rings. The molecular formula is C23H27ClN4O2S. The zero-order valence-corrected chi connectivity index (χ0v) is 19.6. The highest BCUT2D eigenvalue weighted by atomic mass is 35.5. The number of ether oxygens (including phenoxy) is 1. The van der Waals surface area contributed by atoms with Gasteiger partial charge in [-0.3, -0.25) is 4.79 Å². The van der Waals surface area contributed by atoms with Gasteiger partial charge in [-0.1, -0.05) is 35.5 Å². The quantitative estimate of drug-likeness (QED) is 0.424. The van der Waals surface area contributed by atoms with Crippen molar-refractivity contribution in [2.45, 2.75) is 44.8 Å². The van der Waals surface area contributed by atoms with E-state index in [2.05, 4.69) is 39.1 Å². The van der Waals surface area contributed by atoms with Crippen LogP contribution in [0.2, 0.25) is 5.02 Å². The molecule has 0 aliphatic carbocycles. The van der Waals surface area contributed by atoms with Crippen LogP contribution in [0.25, 0.3) is 0 Å². The second kappa shape index (κ2) is 11.2. The number of benzene rings is 2. The highest BCUT2D eigenvalue weighted by Gasteiger charge is 2.14. The largest absolute Gasteiger partial charge is 0.497 e. The molecule has 0 unspecified atom stereocenters. The molecule has 0 spiro atoms. The Kier molecular flexibility index (Phi) is 8.37. The highest BCUT2D eigenvalue weighted by molar-refractivity contribution is 7.99. The second-order valence-electron chi connectivity index (χ2n) is 7.14. The fourth-order valence-corrected chi connectivity index (χ4v) is 4.30. The predicted octanol–water partition coefficient (Wildman–Crippen LogP) is 5.17. The Morgan fingerprint density at radius 3 is 2.61 bits per heavy atom. The zero-order valence-electron chi connectivity index (χ0n) is 18.0. The first kappa shape index (κ1) is 23.2. The molecule has 2 aromatic carbocycles.